The lowest BCUT2D eigenvalue weighted by atomic mass is 10.2. The number of carbonyl (C=O) groups is 2. The van der Waals surface area contributed by atoms with Gasteiger partial charge in [-0.3, -0.25) is 14.5 Å². The molecule has 6 nitrogen and oxygen atoms in total. The third-order valence-corrected chi connectivity index (χ3v) is 5.26. The number of hydrogen-bond donors (Lipinski definition) is 1. The van der Waals surface area contributed by atoms with Crippen molar-refractivity contribution < 1.29 is 14.3 Å². The molecule has 1 atom stereocenters. The van der Waals surface area contributed by atoms with Gasteiger partial charge in [-0.05, 0) is 30.5 Å². The van der Waals surface area contributed by atoms with Crippen molar-refractivity contribution in [1.29, 1.82) is 0 Å². The summed E-state index contributed by atoms with van der Waals surface area (Å²) in [6, 6.07) is 11.2. The summed E-state index contributed by atoms with van der Waals surface area (Å²) in [5.74, 6) is 0.674. The van der Waals surface area contributed by atoms with Gasteiger partial charge in [-0.1, -0.05) is 18.2 Å². The van der Waals surface area contributed by atoms with E-state index in [4.69, 9.17) is 4.74 Å². The van der Waals surface area contributed by atoms with E-state index in [0.717, 1.165) is 38.3 Å². The molecule has 144 valence electrons. The van der Waals surface area contributed by atoms with Crippen LogP contribution in [0.15, 0.2) is 47.2 Å². The third-order valence-electron chi connectivity index (χ3n) is 4.58. The molecule has 2 amide bonds. The molecular weight excluding hydrogens is 362 g/mol. The van der Waals surface area contributed by atoms with Gasteiger partial charge in [-0.15, -0.1) is 0 Å². The van der Waals surface area contributed by atoms with E-state index in [-0.39, 0.29) is 11.8 Å². The van der Waals surface area contributed by atoms with E-state index in [2.05, 4.69) is 10.2 Å². The van der Waals surface area contributed by atoms with Crippen LogP contribution in [0.4, 0.5) is 0 Å². The van der Waals surface area contributed by atoms with Crippen LogP contribution in [0.5, 0.6) is 5.75 Å². The number of carbonyl (C=O) groups excluding carboxylic acids is 2. The zero-order valence-corrected chi connectivity index (χ0v) is 16.3. The lowest BCUT2D eigenvalue weighted by Crippen LogP contribution is -2.50. The minimum absolute atomic E-state index is 0.107. The van der Waals surface area contributed by atoms with E-state index in [1.54, 1.807) is 18.3 Å². The fourth-order valence-corrected chi connectivity index (χ4v) is 3.61. The summed E-state index contributed by atoms with van der Waals surface area (Å²) in [6.07, 6.45) is -0.535. The van der Waals surface area contributed by atoms with Crippen molar-refractivity contribution >= 4 is 23.2 Å². The number of nitrogens with one attached hydrogen (secondary N) is 1. The van der Waals surface area contributed by atoms with Crippen LogP contribution in [0.2, 0.25) is 0 Å². The standard InChI is InChI=1S/C20H25N3O3S/c1-16(26-18-5-3-2-4-6-18)19(24)21-8-9-22-10-12-23(13-11-22)20(25)17-7-14-27-15-17/h2-7,14-16H,8-13H2,1H3,(H,21,24). The van der Waals surface area contributed by atoms with E-state index in [9.17, 15) is 9.59 Å². The Morgan fingerprint density at radius 3 is 2.56 bits per heavy atom. The quantitative estimate of drug-likeness (QED) is 0.790. The Kier molecular flexibility index (Phi) is 6.84. The van der Waals surface area contributed by atoms with Crippen LogP contribution in [-0.2, 0) is 4.79 Å². The first-order valence-electron chi connectivity index (χ1n) is 9.17. The Morgan fingerprint density at radius 1 is 1.15 bits per heavy atom. The Bertz CT molecular complexity index is 728. The maximum Gasteiger partial charge on any atom is 0.260 e. The molecule has 1 aromatic heterocycles. The molecule has 0 bridgehead atoms. The lowest BCUT2D eigenvalue weighted by Gasteiger charge is -2.34. The van der Waals surface area contributed by atoms with Crippen molar-refractivity contribution in [3.63, 3.8) is 0 Å². The highest BCUT2D eigenvalue weighted by atomic mass is 32.1. The lowest BCUT2D eigenvalue weighted by molar-refractivity contribution is -0.127. The van der Waals surface area contributed by atoms with Crippen molar-refractivity contribution in [2.24, 2.45) is 0 Å². The van der Waals surface area contributed by atoms with Gasteiger partial charge in [-0.2, -0.15) is 11.3 Å². The summed E-state index contributed by atoms with van der Waals surface area (Å²) in [4.78, 5) is 28.7. The minimum atomic E-state index is -0.535. The van der Waals surface area contributed by atoms with Gasteiger partial charge in [0.1, 0.15) is 5.75 Å². The SMILES string of the molecule is CC(Oc1ccccc1)C(=O)NCCN1CCN(C(=O)c2ccsc2)CC1. The second-order valence-electron chi connectivity index (χ2n) is 6.51. The van der Waals surface area contributed by atoms with Gasteiger partial charge in [-0.25, -0.2) is 0 Å². The molecule has 2 aromatic rings. The number of benzene rings is 1. The molecule has 7 heteroatoms. The number of rotatable bonds is 7. The van der Waals surface area contributed by atoms with Crippen LogP contribution < -0.4 is 10.1 Å². The summed E-state index contributed by atoms with van der Waals surface area (Å²) >= 11 is 1.54. The zero-order chi connectivity index (χ0) is 19.1. The fraction of sp³-hybridized carbons (Fsp3) is 0.400. The molecular formula is C20H25N3O3S. The average Bonchev–Trinajstić information content (AvgIpc) is 3.23. The Balaban J connectivity index is 1.34. The van der Waals surface area contributed by atoms with E-state index in [0.29, 0.717) is 12.3 Å². The largest absolute Gasteiger partial charge is 0.481 e. The molecule has 0 aliphatic carbocycles. The van der Waals surface area contributed by atoms with Gasteiger partial charge in [0.15, 0.2) is 6.10 Å². The molecule has 1 aliphatic rings. The Morgan fingerprint density at radius 2 is 1.89 bits per heavy atom. The van der Waals surface area contributed by atoms with Crippen LogP contribution in [0.25, 0.3) is 0 Å². The smallest absolute Gasteiger partial charge is 0.260 e. The van der Waals surface area contributed by atoms with Gasteiger partial charge < -0.3 is 15.0 Å². The first-order chi connectivity index (χ1) is 13.1. The maximum absolute atomic E-state index is 12.3. The molecule has 1 unspecified atom stereocenters. The molecule has 0 saturated carbocycles. The predicted molar refractivity (Wildman–Crippen MR) is 106 cm³/mol. The van der Waals surface area contributed by atoms with Crippen LogP contribution >= 0.6 is 11.3 Å². The first-order valence-corrected chi connectivity index (χ1v) is 10.1. The Labute approximate surface area is 163 Å². The Hall–Kier alpha value is -2.38. The normalized spacial score (nSPS) is 16.0. The second-order valence-corrected chi connectivity index (χ2v) is 7.29. The van der Waals surface area contributed by atoms with Crippen LogP contribution in [-0.4, -0.2) is 67.0 Å². The number of ether oxygens (including phenoxy) is 1. The first kappa shape index (κ1) is 19.4. The summed E-state index contributed by atoms with van der Waals surface area (Å²) in [7, 11) is 0. The number of thiophene rings is 1. The zero-order valence-electron chi connectivity index (χ0n) is 15.5. The van der Waals surface area contributed by atoms with Crippen LogP contribution in [0.1, 0.15) is 17.3 Å². The molecule has 1 N–H and O–H groups in total. The van der Waals surface area contributed by atoms with E-state index < -0.39 is 6.10 Å². The summed E-state index contributed by atoms with van der Waals surface area (Å²) in [5.41, 5.74) is 0.771. The van der Waals surface area contributed by atoms with Crippen molar-refractivity contribution in [3.05, 3.63) is 52.7 Å². The monoisotopic (exact) mass is 387 g/mol. The van der Waals surface area contributed by atoms with Gasteiger partial charge >= 0.3 is 0 Å². The highest BCUT2D eigenvalue weighted by Crippen LogP contribution is 2.12. The highest BCUT2D eigenvalue weighted by molar-refractivity contribution is 7.08. The summed E-state index contributed by atoms with van der Waals surface area (Å²) in [6.45, 7) is 6.16. The van der Waals surface area contributed by atoms with Crippen LogP contribution in [0.3, 0.4) is 0 Å². The van der Waals surface area contributed by atoms with Crippen molar-refractivity contribution in [1.82, 2.24) is 15.1 Å². The molecule has 0 spiro atoms. The third kappa shape index (κ3) is 5.55. The summed E-state index contributed by atoms with van der Waals surface area (Å²) in [5, 5.41) is 6.74. The van der Waals surface area contributed by atoms with E-state index in [1.165, 1.54) is 0 Å². The van der Waals surface area contributed by atoms with E-state index in [1.807, 2.05) is 52.1 Å². The number of hydrogen-bond acceptors (Lipinski definition) is 5. The topological polar surface area (TPSA) is 61.9 Å². The molecule has 1 aromatic carbocycles. The van der Waals surface area contributed by atoms with Gasteiger partial charge in [0.25, 0.3) is 11.8 Å². The molecule has 2 heterocycles. The highest BCUT2D eigenvalue weighted by Gasteiger charge is 2.22. The van der Waals surface area contributed by atoms with E-state index >= 15 is 0 Å². The van der Waals surface area contributed by atoms with Gasteiger partial charge in [0.05, 0.1) is 5.56 Å². The number of para-hydroxylation sites is 1. The van der Waals surface area contributed by atoms with Crippen LogP contribution in [0, 0.1) is 0 Å². The molecule has 1 fully saturated rings. The predicted octanol–water partition coefficient (Wildman–Crippen LogP) is 2.09. The molecule has 27 heavy (non-hydrogen) atoms. The number of nitrogens with zero attached hydrogens (tertiary/aromatic N) is 2. The van der Waals surface area contributed by atoms with Crippen molar-refractivity contribution in [3.8, 4) is 5.75 Å². The number of amides is 2. The number of piperazine rings is 1. The van der Waals surface area contributed by atoms with Gasteiger partial charge in [0, 0.05) is 44.6 Å². The molecule has 3 rings (SSSR count). The van der Waals surface area contributed by atoms with Crippen molar-refractivity contribution in [2.75, 3.05) is 39.3 Å². The average molecular weight is 388 g/mol. The summed E-state index contributed by atoms with van der Waals surface area (Å²) < 4.78 is 5.63. The van der Waals surface area contributed by atoms with Crippen molar-refractivity contribution in [2.45, 2.75) is 13.0 Å². The molecule has 0 radical (unpaired) electrons. The molecule has 1 saturated heterocycles. The fourth-order valence-electron chi connectivity index (χ4n) is 2.98. The minimum Gasteiger partial charge on any atom is -0.481 e. The molecule has 1 aliphatic heterocycles. The second kappa shape index (κ2) is 9.53. The van der Waals surface area contributed by atoms with Gasteiger partial charge in [0.2, 0.25) is 0 Å². The maximum atomic E-state index is 12.3.